The van der Waals surface area contributed by atoms with Crippen LogP contribution in [0.25, 0.3) is 0 Å². The van der Waals surface area contributed by atoms with Crippen molar-refractivity contribution in [3.63, 3.8) is 0 Å². The molecule has 1 N–H and O–H groups in total. The number of nitrogens with one attached hydrogen (secondary N) is 1. The Morgan fingerprint density at radius 2 is 1.94 bits per heavy atom. The summed E-state index contributed by atoms with van der Waals surface area (Å²) in [6.45, 7) is 7.45. The van der Waals surface area contributed by atoms with Crippen LogP contribution in [0.1, 0.15) is 39.3 Å². The maximum atomic E-state index is 13.1. The lowest BCUT2D eigenvalue weighted by atomic mass is 10.2. The molecule has 0 atom stereocenters. The van der Waals surface area contributed by atoms with E-state index in [-0.39, 0.29) is 24.0 Å². The van der Waals surface area contributed by atoms with Gasteiger partial charge in [0.25, 0.3) is 11.8 Å². The molecule has 1 fully saturated rings. The number of nitro groups is 1. The molecule has 1 saturated heterocycles. The van der Waals surface area contributed by atoms with Crippen molar-refractivity contribution in [2.45, 2.75) is 34.0 Å². The van der Waals surface area contributed by atoms with Gasteiger partial charge in [0.05, 0.1) is 30.0 Å². The number of rotatable bonds is 7. The van der Waals surface area contributed by atoms with Crippen LogP contribution in [0.2, 0.25) is 0 Å². The Morgan fingerprint density at radius 3 is 2.59 bits per heavy atom. The molecular weight excluding hydrogens is 446 g/mol. The molecule has 2 amide bonds. The van der Waals surface area contributed by atoms with Crippen LogP contribution in [0.5, 0.6) is 0 Å². The first-order valence-electron chi connectivity index (χ1n) is 10.8. The van der Waals surface area contributed by atoms with Crippen LogP contribution in [0.15, 0.2) is 18.5 Å². The van der Waals surface area contributed by atoms with Crippen LogP contribution in [0.4, 0.5) is 11.4 Å². The minimum Gasteiger partial charge on any atom is -0.378 e. The molecule has 34 heavy (non-hydrogen) atoms. The number of amides is 2. The van der Waals surface area contributed by atoms with Gasteiger partial charge in [0, 0.05) is 25.8 Å². The molecule has 0 aliphatic carbocycles. The van der Waals surface area contributed by atoms with Crippen LogP contribution in [-0.2, 0) is 18.0 Å². The molecule has 14 heteroatoms. The van der Waals surface area contributed by atoms with Gasteiger partial charge in [0.1, 0.15) is 23.8 Å². The fraction of sp³-hybridized carbons (Fsp3) is 0.450. The van der Waals surface area contributed by atoms with E-state index in [0.717, 1.165) is 0 Å². The number of carbonyl (C=O) groups excluding carboxylic acids is 2. The van der Waals surface area contributed by atoms with E-state index in [1.165, 1.54) is 21.6 Å². The van der Waals surface area contributed by atoms with Gasteiger partial charge in [-0.2, -0.15) is 15.3 Å². The van der Waals surface area contributed by atoms with Crippen molar-refractivity contribution in [3.8, 4) is 0 Å². The van der Waals surface area contributed by atoms with Crippen molar-refractivity contribution in [2.24, 2.45) is 0 Å². The predicted octanol–water partition coefficient (Wildman–Crippen LogP) is 1.05. The van der Waals surface area contributed by atoms with Crippen LogP contribution >= 0.6 is 0 Å². The van der Waals surface area contributed by atoms with E-state index in [2.05, 4.69) is 20.6 Å². The SMILES string of the molecule is CCn1ncc(NC(=O)c2ccn(Cn3nc(C)c([N+](=O)[O-])c3C)n2)c1C(=O)N1CCOCC1. The first kappa shape index (κ1) is 23.1. The van der Waals surface area contributed by atoms with E-state index in [4.69, 9.17) is 4.74 Å². The van der Waals surface area contributed by atoms with E-state index in [9.17, 15) is 19.7 Å². The quantitative estimate of drug-likeness (QED) is 0.396. The highest BCUT2D eigenvalue weighted by atomic mass is 16.6. The topological polar surface area (TPSA) is 155 Å². The molecule has 1 aliphatic rings. The largest absolute Gasteiger partial charge is 0.378 e. The summed E-state index contributed by atoms with van der Waals surface area (Å²) in [7, 11) is 0. The van der Waals surface area contributed by atoms with Gasteiger partial charge in [-0.15, -0.1) is 0 Å². The van der Waals surface area contributed by atoms with Crippen molar-refractivity contribution >= 4 is 23.2 Å². The van der Waals surface area contributed by atoms with Gasteiger partial charge < -0.3 is 15.0 Å². The Hall–Kier alpha value is -4.07. The zero-order valence-electron chi connectivity index (χ0n) is 19.1. The lowest BCUT2D eigenvalue weighted by molar-refractivity contribution is -0.386. The zero-order valence-corrected chi connectivity index (χ0v) is 19.1. The Labute approximate surface area is 194 Å². The van der Waals surface area contributed by atoms with E-state index >= 15 is 0 Å². The first-order chi connectivity index (χ1) is 16.3. The van der Waals surface area contributed by atoms with Gasteiger partial charge in [-0.1, -0.05) is 0 Å². The highest BCUT2D eigenvalue weighted by Gasteiger charge is 2.27. The third kappa shape index (κ3) is 4.39. The maximum absolute atomic E-state index is 13.1. The number of morpholine rings is 1. The molecule has 0 unspecified atom stereocenters. The molecule has 180 valence electrons. The maximum Gasteiger partial charge on any atom is 0.312 e. The third-order valence-electron chi connectivity index (χ3n) is 5.57. The number of carbonyl (C=O) groups is 2. The lowest BCUT2D eigenvalue weighted by Gasteiger charge is -2.27. The predicted molar refractivity (Wildman–Crippen MR) is 119 cm³/mol. The number of hydrogen-bond acceptors (Lipinski definition) is 8. The molecular formula is C20H25N9O5. The van der Waals surface area contributed by atoms with Crippen molar-refractivity contribution in [2.75, 3.05) is 31.6 Å². The normalized spacial score (nSPS) is 13.8. The van der Waals surface area contributed by atoms with Crippen molar-refractivity contribution in [1.29, 1.82) is 0 Å². The van der Waals surface area contributed by atoms with E-state index < -0.39 is 10.8 Å². The molecule has 0 radical (unpaired) electrons. The fourth-order valence-corrected chi connectivity index (χ4v) is 3.83. The Kier molecular flexibility index (Phi) is 6.40. The smallest absolute Gasteiger partial charge is 0.312 e. The molecule has 0 aromatic carbocycles. The number of aryl methyl sites for hydroxylation is 2. The van der Waals surface area contributed by atoms with Gasteiger partial charge in [0.2, 0.25) is 0 Å². The summed E-state index contributed by atoms with van der Waals surface area (Å²) in [5.41, 5.74) is 1.36. The summed E-state index contributed by atoms with van der Waals surface area (Å²) in [6, 6.07) is 1.52. The summed E-state index contributed by atoms with van der Waals surface area (Å²) in [5.74, 6) is -0.737. The van der Waals surface area contributed by atoms with Gasteiger partial charge in [-0.25, -0.2) is 4.68 Å². The molecule has 1 aliphatic heterocycles. The van der Waals surface area contributed by atoms with Crippen molar-refractivity contribution in [1.82, 2.24) is 34.2 Å². The second-order valence-corrected chi connectivity index (χ2v) is 7.74. The molecule has 0 spiro atoms. The number of aromatic nitrogens is 6. The Balaban J connectivity index is 1.50. The van der Waals surface area contributed by atoms with E-state index in [1.54, 1.807) is 29.6 Å². The highest BCUT2D eigenvalue weighted by Crippen LogP contribution is 2.22. The Morgan fingerprint density at radius 1 is 1.21 bits per heavy atom. The summed E-state index contributed by atoms with van der Waals surface area (Å²) in [6.07, 6.45) is 3.02. The van der Waals surface area contributed by atoms with Crippen LogP contribution < -0.4 is 5.32 Å². The van der Waals surface area contributed by atoms with Gasteiger partial charge in [-0.3, -0.25) is 29.1 Å². The summed E-state index contributed by atoms with van der Waals surface area (Å²) < 4.78 is 9.76. The van der Waals surface area contributed by atoms with Crippen molar-refractivity contribution < 1.29 is 19.2 Å². The lowest BCUT2D eigenvalue weighted by Crippen LogP contribution is -2.41. The van der Waals surface area contributed by atoms with Crippen LogP contribution in [-0.4, -0.2) is 77.3 Å². The number of nitrogens with zero attached hydrogens (tertiary/aromatic N) is 8. The number of anilines is 1. The molecule has 4 rings (SSSR count). The molecule has 3 aromatic rings. The molecule has 14 nitrogen and oxygen atoms in total. The number of hydrogen-bond donors (Lipinski definition) is 1. The van der Waals surface area contributed by atoms with Gasteiger partial charge in [-0.05, 0) is 26.8 Å². The average Bonchev–Trinajstić information content (AvgIpc) is 3.51. The minimum atomic E-state index is -0.509. The summed E-state index contributed by atoms with van der Waals surface area (Å²) in [5, 5.41) is 26.6. The second-order valence-electron chi connectivity index (χ2n) is 7.74. The molecule has 3 aromatic heterocycles. The van der Waals surface area contributed by atoms with Gasteiger partial charge >= 0.3 is 5.69 Å². The monoisotopic (exact) mass is 471 g/mol. The standard InChI is InChI=1S/C20H25N9O5/c1-4-27-18(20(31)25-7-9-34-10-8-25)16(11-21-27)22-19(30)15-5-6-26(24-15)12-28-14(3)17(29(32)33)13(2)23-28/h5-6,11H,4,7-10,12H2,1-3H3,(H,22,30). The van der Waals surface area contributed by atoms with E-state index in [0.29, 0.717) is 55.6 Å². The second kappa shape index (κ2) is 9.43. The average molecular weight is 471 g/mol. The summed E-state index contributed by atoms with van der Waals surface area (Å²) in [4.78, 5) is 38.4. The van der Waals surface area contributed by atoms with Crippen LogP contribution in [0.3, 0.4) is 0 Å². The molecule has 0 saturated carbocycles. The minimum absolute atomic E-state index is 0.0458. The van der Waals surface area contributed by atoms with Gasteiger partial charge in [0.15, 0.2) is 5.69 Å². The first-order valence-corrected chi connectivity index (χ1v) is 10.8. The van der Waals surface area contributed by atoms with Crippen LogP contribution in [0, 0.1) is 24.0 Å². The molecule has 0 bridgehead atoms. The third-order valence-corrected chi connectivity index (χ3v) is 5.57. The zero-order chi connectivity index (χ0) is 24.4. The fourth-order valence-electron chi connectivity index (χ4n) is 3.83. The number of ether oxygens (including phenoxy) is 1. The highest BCUT2D eigenvalue weighted by molar-refractivity contribution is 6.07. The van der Waals surface area contributed by atoms with E-state index in [1.807, 2.05) is 6.92 Å². The molecule has 4 heterocycles. The summed E-state index contributed by atoms with van der Waals surface area (Å²) >= 11 is 0. The Bertz CT molecular complexity index is 1240. The van der Waals surface area contributed by atoms with Crippen molar-refractivity contribution in [3.05, 3.63) is 51.4 Å².